The van der Waals surface area contributed by atoms with E-state index in [1.807, 2.05) is 0 Å². The first-order valence-electron chi connectivity index (χ1n) is 8.11. The van der Waals surface area contributed by atoms with Gasteiger partial charge in [-0.05, 0) is 32.9 Å². The number of hydrogen-bond donors (Lipinski definition) is 1. The van der Waals surface area contributed by atoms with Crippen molar-refractivity contribution in [2.24, 2.45) is 0 Å². The molecule has 0 atom stereocenters. The Hall–Kier alpha value is -1.31. The van der Waals surface area contributed by atoms with Crippen LogP contribution in [0, 0.1) is 0 Å². The summed E-state index contributed by atoms with van der Waals surface area (Å²) in [5.41, 5.74) is 4.28. The lowest BCUT2D eigenvalue weighted by molar-refractivity contribution is 0.0958. The lowest BCUT2D eigenvalue weighted by Crippen LogP contribution is -2.30. The van der Waals surface area contributed by atoms with Crippen LogP contribution in [-0.2, 0) is 16.2 Å². The number of carbonyl (C=O) groups excluding carboxylic acids is 1. The summed E-state index contributed by atoms with van der Waals surface area (Å²) < 4.78 is 0. The smallest absolute Gasteiger partial charge is 0.251 e. The van der Waals surface area contributed by atoms with Gasteiger partial charge in [-0.1, -0.05) is 74.4 Å². The third kappa shape index (κ3) is 3.91. The Kier molecular flexibility index (Phi) is 4.87. The molecule has 1 N–H and O–H groups in total. The largest absolute Gasteiger partial charge is 0.355 e. The number of carbonyl (C=O) groups is 1. The number of benzene rings is 1. The van der Waals surface area contributed by atoms with Gasteiger partial charge in [0, 0.05) is 12.6 Å². The standard InChI is InChI=1S/C20H33NO/c1-18(2,3)13-11-14(19(4,5)6)16(17(22)21-10)15(12-13)20(7,8)9/h11-12H,1-10H3,(H,21,22). The van der Waals surface area contributed by atoms with Crippen LogP contribution in [-0.4, -0.2) is 13.0 Å². The molecule has 2 nitrogen and oxygen atoms in total. The number of amides is 1. The Morgan fingerprint density at radius 3 is 1.36 bits per heavy atom. The summed E-state index contributed by atoms with van der Waals surface area (Å²) in [5.74, 6) is 0.00955. The van der Waals surface area contributed by atoms with E-state index in [4.69, 9.17) is 0 Å². The molecule has 0 saturated carbocycles. The minimum absolute atomic E-state index is 0.00955. The maximum absolute atomic E-state index is 12.6. The van der Waals surface area contributed by atoms with Crippen LogP contribution in [0.25, 0.3) is 0 Å². The van der Waals surface area contributed by atoms with Crippen LogP contribution in [0.2, 0.25) is 0 Å². The fraction of sp³-hybridized carbons (Fsp3) is 0.650. The maximum Gasteiger partial charge on any atom is 0.251 e. The molecule has 0 aromatic heterocycles. The van der Waals surface area contributed by atoms with Crippen molar-refractivity contribution in [2.45, 2.75) is 78.6 Å². The summed E-state index contributed by atoms with van der Waals surface area (Å²) in [6, 6.07) is 4.44. The van der Waals surface area contributed by atoms with E-state index in [1.165, 1.54) is 5.56 Å². The summed E-state index contributed by atoms with van der Waals surface area (Å²) >= 11 is 0. The zero-order valence-corrected chi connectivity index (χ0v) is 16.1. The van der Waals surface area contributed by atoms with Crippen molar-refractivity contribution in [3.05, 3.63) is 34.4 Å². The van der Waals surface area contributed by atoms with E-state index in [1.54, 1.807) is 7.05 Å². The van der Waals surface area contributed by atoms with Crippen LogP contribution in [0.4, 0.5) is 0 Å². The Bertz CT molecular complexity index is 528. The van der Waals surface area contributed by atoms with Gasteiger partial charge in [-0.15, -0.1) is 0 Å². The highest BCUT2D eigenvalue weighted by atomic mass is 16.1. The molecule has 1 aromatic rings. The van der Waals surface area contributed by atoms with E-state index >= 15 is 0 Å². The quantitative estimate of drug-likeness (QED) is 0.782. The molecule has 1 amide bonds. The monoisotopic (exact) mass is 303 g/mol. The Morgan fingerprint density at radius 1 is 0.773 bits per heavy atom. The molecule has 0 aliphatic rings. The van der Waals surface area contributed by atoms with Gasteiger partial charge in [0.25, 0.3) is 5.91 Å². The Morgan fingerprint density at radius 2 is 1.14 bits per heavy atom. The minimum atomic E-state index is -0.0803. The van der Waals surface area contributed by atoms with Gasteiger partial charge in [-0.25, -0.2) is 0 Å². The predicted molar refractivity (Wildman–Crippen MR) is 95.9 cm³/mol. The molecule has 0 radical (unpaired) electrons. The van der Waals surface area contributed by atoms with Crippen molar-refractivity contribution in [3.63, 3.8) is 0 Å². The van der Waals surface area contributed by atoms with Gasteiger partial charge < -0.3 is 5.32 Å². The van der Waals surface area contributed by atoms with Gasteiger partial charge in [0.1, 0.15) is 0 Å². The van der Waals surface area contributed by atoms with Crippen LogP contribution in [0.15, 0.2) is 12.1 Å². The minimum Gasteiger partial charge on any atom is -0.355 e. The van der Waals surface area contributed by atoms with E-state index in [9.17, 15) is 4.79 Å². The molecule has 0 saturated heterocycles. The predicted octanol–water partition coefficient (Wildman–Crippen LogP) is 4.94. The zero-order chi connectivity index (χ0) is 17.5. The number of hydrogen-bond acceptors (Lipinski definition) is 1. The molecule has 0 spiro atoms. The van der Waals surface area contributed by atoms with Crippen molar-refractivity contribution in [1.29, 1.82) is 0 Å². The van der Waals surface area contributed by atoms with E-state index in [0.29, 0.717) is 0 Å². The highest BCUT2D eigenvalue weighted by Crippen LogP contribution is 2.38. The van der Waals surface area contributed by atoms with Crippen molar-refractivity contribution in [2.75, 3.05) is 7.05 Å². The molecule has 0 aliphatic heterocycles. The third-order valence-corrected chi connectivity index (χ3v) is 4.07. The normalized spacial score (nSPS) is 13.2. The lowest BCUT2D eigenvalue weighted by atomic mass is 9.72. The molecule has 1 rings (SSSR count). The molecule has 0 fully saturated rings. The molecular formula is C20H33NO. The van der Waals surface area contributed by atoms with Crippen LogP contribution in [0.1, 0.15) is 89.4 Å². The number of rotatable bonds is 1. The average molecular weight is 303 g/mol. The summed E-state index contributed by atoms with van der Waals surface area (Å²) in [5, 5.41) is 2.83. The zero-order valence-electron chi connectivity index (χ0n) is 16.1. The van der Waals surface area contributed by atoms with Crippen molar-refractivity contribution in [3.8, 4) is 0 Å². The topological polar surface area (TPSA) is 29.1 Å². The van der Waals surface area contributed by atoms with Crippen LogP contribution >= 0.6 is 0 Å². The second-order valence-electron chi connectivity index (χ2n) is 9.28. The summed E-state index contributed by atoms with van der Waals surface area (Å²) in [6.07, 6.45) is 0. The van der Waals surface area contributed by atoms with E-state index < -0.39 is 0 Å². The van der Waals surface area contributed by atoms with Crippen molar-refractivity contribution in [1.82, 2.24) is 5.32 Å². The summed E-state index contributed by atoms with van der Waals surface area (Å²) in [4.78, 5) is 12.6. The van der Waals surface area contributed by atoms with Crippen molar-refractivity contribution >= 4 is 5.91 Å². The first-order chi connectivity index (χ1) is 9.69. The van der Waals surface area contributed by atoms with Gasteiger partial charge in [-0.3, -0.25) is 4.79 Å². The van der Waals surface area contributed by atoms with E-state index in [-0.39, 0.29) is 22.2 Å². The van der Waals surface area contributed by atoms with Gasteiger partial charge in [-0.2, -0.15) is 0 Å². The molecule has 22 heavy (non-hydrogen) atoms. The van der Waals surface area contributed by atoms with E-state index in [2.05, 4.69) is 79.8 Å². The van der Waals surface area contributed by atoms with E-state index in [0.717, 1.165) is 16.7 Å². The molecule has 2 heteroatoms. The second kappa shape index (κ2) is 5.72. The number of nitrogens with one attached hydrogen (secondary N) is 1. The third-order valence-electron chi connectivity index (χ3n) is 4.07. The lowest BCUT2D eigenvalue weighted by Gasteiger charge is -2.33. The Labute approximate surface area is 136 Å². The molecule has 124 valence electrons. The molecular weight excluding hydrogens is 270 g/mol. The van der Waals surface area contributed by atoms with Gasteiger partial charge in [0.2, 0.25) is 0 Å². The average Bonchev–Trinajstić information content (AvgIpc) is 2.33. The van der Waals surface area contributed by atoms with Crippen molar-refractivity contribution < 1.29 is 4.79 Å². The van der Waals surface area contributed by atoms with Gasteiger partial charge in [0.15, 0.2) is 0 Å². The second-order valence-corrected chi connectivity index (χ2v) is 9.28. The fourth-order valence-corrected chi connectivity index (χ4v) is 2.63. The fourth-order valence-electron chi connectivity index (χ4n) is 2.63. The highest BCUT2D eigenvalue weighted by Gasteiger charge is 2.31. The molecule has 0 heterocycles. The first-order valence-corrected chi connectivity index (χ1v) is 8.11. The highest BCUT2D eigenvalue weighted by molar-refractivity contribution is 5.98. The summed E-state index contributed by atoms with van der Waals surface area (Å²) in [7, 11) is 1.71. The molecule has 1 aromatic carbocycles. The molecule has 0 aliphatic carbocycles. The SMILES string of the molecule is CNC(=O)c1c(C(C)(C)C)cc(C(C)(C)C)cc1C(C)(C)C. The molecule has 0 unspecified atom stereocenters. The van der Waals surface area contributed by atoms with Crippen LogP contribution in [0.5, 0.6) is 0 Å². The summed E-state index contributed by atoms with van der Waals surface area (Å²) in [6.45, 7) is 19.7. The van der Waals surface area contributed by atoms with Gasteiger partial charge in [0.05, 0.1) is 0 Å². The van der Waals surface area contributed by atoms with Crippen LogP contribution in [0.3, 0.4) is 0 Å². The first kappa shape index (κ1) is 18.7. The van der Waals surface area contributed by atoms with Gasteiger partial charge >= 0.3 is 0 Å². The maximum atomic E-state index is 12.6. The van der Waals surface area contributed by atoms with Crippen LogP contribution < -0.4 is 5.32 Å². The molecule has 0 bridgehead atoms. The Balaban J connectivity index is 3.90.